The molecule has 0 radical (unpaired) electrons. The molecule has 2 heteroatoms. The van der Waals surface area contributed by atoms with Gasteiger partial charge in [-0.25, -0.2) is 0 Å². The summed E-state index contributed by atoms with van der Waals surface area (Å²) < 4.78 is 0. The Bertz CT molecular complexity index is 221. The van der Waals surface area contributed by atoms with Gasteiger partial charge in [-0.05, 0) is 32.4 Å². The number of likely N-dealkylation sites (N-methyl/N-ethyl adjacent to an activating group) is 1. The molecule has 2 nitrogen and oxygen atoms in total. The molecule has 1 rings (SSSR count). The largest absolute Gasteiger partial charge is 0.396 e. The van der Waals surface area contributed by atoms with Gasteiger partial charge in [-0.15, -0.1) is 0 Å². The normalized spacial score (nSPS) is 11.5. The average molecular weight is 209 g/mol. The zero-order valence-corrected chi connectivity index (χ0v) is 10.0. The third kappa shape index (κ3) is 8.16. The molecule has 1 aromatic rings. The highest BCUT2D eigenvalue weighted by Gasteiger charge is 1.97. The lowest BCUT2D eigenvalue weighted by Gasteiger charge is -2.08. The van der Waals surface area contributed by atoms with Gasteiger partial charge in [-0.1, -0.05) is 37.3 Å². The molecule has 1 atom stereocenters. The highest BCUT2D eigenvalue weighted by molar-refractivity contribution is 5.15. The number of benzene rings is 1. The number of aliphatic hydroxyl groups excluding tert-OH is 1. The van der Waals surface area contributed by atoms with E-state index in [9.17, 15) is 0 Å². The molecule has 0 saturated carbocycles. The molecule has 0 aromatic heterocycles. The van der Waals surface area contributed by atoms with Gasteiger partial charge in [-0.3, -0.25) is 0 Å². The number of rotatable bonds is 4. The molecule has 15 heavy (non-hydrogen) atoms. The van der Waals surface area contributed by atoms with Crippen LogP contribution in [0, 0.1) is 0 Å². The van der Waals surface area contributed by atoms with E-state index in [1.807, 2.05) is 20.0 Å². The molecule has 1 aromatic carbocycles. The number of aliphatic hydroxyl groups is 1. The Morgan fingerprint density at radius 3 is 2.20 bits per heavy atom. The first kappa shape index (κ1) is 14.1. The summed E-state index contributed by atoms with van der Waals surface area (Å²) in [4.78, 5) is 0. The van der Waals surface area contributed by atoms with E-state index >= 15 is 0 Å². The minimum absolute atomic E-state index is 0.319. The van der Waals surface area contributed by atoms with Crippen molar-refractivity contribution in [2.45, 2.75) is 32.7 Å². The molecule has 0 bridgehead atoms. The van der Waals surface area contributed by atoms with E-state index in [-0.39, 0.29) is 0 Å². The smallest absolute Gasteiger partial charge is 0.0428 e. The van der Waals surface area contributed by atoms with Gasteiger partial charge in [0.1, 0.15) is 0 Å². The van der Waals surface area contributed by atoms with Crippen molar-refractivity contribution in [3.8, 4) is 0 Å². The quantitative estimate of drug-likeness (QED) is 0.797. The maximum absolute atomic E-state index is 7.88. The summed E-state index contributed by atoms with van der Waals surface area (Å²) in [5.41, 5.74) is 1.40. The molecule has 0 aliphatic heterocycles. The molecule has 2 N–H and O–H groups in total. The minimum atomic E-state index is 0.319. The molecule has 0 saturated heterocycles. The van der Waals surface area contributed by atoms with Gasteiger partial charge in [-0.2, -0.15) is 0 Å². The van der Waals surface area contributed by atoms with Crippen molar-refractivity contribution < 1.29 is 5.11 Å². The fourth-order valence-corrected chi connectivity index (χ4v) is 1.07. The van der Waals surface area contributed by atoms with E-state index in [0.29, 0.717) is 12.6 Å². The van der Waals surface area contributed by atoms with Gasteiger partial charge in [0.15, 0.2) is 0 Å². The van der Waals surface area contributed by atoms with Gasteiger partial charge in [0.2, 0.25) is 0 Å². The van der Waals surface area contributed by atoms with Crippen LogP contribution in [-0.2, 0) is 6.42 Å². The molecular weight excluding hydrogens is 186 g/mol. The Hall–Kier alpha value is -0.860. The lowest BCUT2D eigenvalue weighted by molar-refractivity contribution is 0.295. The summed E-state index contributed by atoms with van der Waals surface area (Å²) in [6.45, 7) is 4.44. The molecular formula is C13H23NO. The lowest BCUT2D eigenvalue weighted by atomic mass is 10.1. The summed E-state index contributed by atoms with van der Waals surface area (Å²) in [5, 5.41) is 11.1. The lowest BCUT2D eigenvalue weighted by Crippen LogP contribution is -2.23. The monoisotopic (exact) mass is 209 g/mol. The van der Waals surface area contributed by atoms with Gasteiger partial charge in [0.05, 0.1) is 0 Å². The summed E-state index contributed by atoms with van der Waals surface area (Å²) in [5.74, 6) is 0. The molecule has 0 aliphatic rings. The van der Waals surface area contributed by atoms with E-state index in [1.165, 1.54) is 5.56 Å². The molecule has 0 unspecified atom stereocenters. The predicted octanol–water partition coefficient (Wildman–Crippen LogP) is 2.23. The second kappa shape index (κ2) is 9.69. The van der Waals surface area contributed by atoms with Crippen LogP contribution in [0.4, 0.5) is 0 Å². The van der Waals surface area contributed by atoms with Crippen molar-refractivity contribution in [3.63, 3.8) is 0 Å². The first-order valence-corrected chi connectivity index (χ1v) is 5.56. The van der Waals surface area contributed by atoms with Gasteiger partial charge in [0, 0.05) is 12.6 Å². The molecule has 86 valence electrons. The fraction of sp³-hybridized carbons (Fsp3) is 0.538. The van der Waals surface area contributed by atoms with E-state index in [2.05, 4.69) is 36.5 Å². The van der Waals surface area contributed by atoms with Crippen molar-refractivity contribution >= 4 is 0 Å². The number of hydrogen-bond donors (Lipinski definition) is 2. The van der Waals surface area contributed by atoms with E-state index in [0.717, 1.165) is 12.8 Å². The first-order chi connectivity index (χ1) is 7.24. The standard InChI is InChI=1S/C10H15N.C3H8O/c1-9(11-2)8-10-6-4-3-5-7-10;1-2-3-4/h3-7,9,11H,8H2,1-2H3;4H,2-3H2,1H3/t9-;/m0./s1. The Morgan fingerprint density at radius 2 is 1.80 bits per heavy atom. The van der Waals surface area contributed by atoms with Crippen molar-refractivity contribution in [1.82, 2.24) is 5.32 Å². The third-order valence-electron chi connectivity index (χ3n) is 2.10. The first-order valence-electron chi connectivity index (χ1n) is 5.56. The molecule has 0 fully saturated rings. The van der Waals surface area contributed by atoms with Crippen LogP contribution in [-0.4, -0.2) is 24.8 Å². The van der Waals surface area contributed by atoms with Crippen LogP contribution in [0.3, 0.4) is 0 Å². The Kier molecular flexibility index (Phi) is 9.13. The van der Waals surface area contributed by atoms with E-state index < -0.39 is 0 Å². The zero-order chi connectivity index (χ0) is 11.5. The second-order valence-electron chi connectivity index (χ2n) is 3.60. The Balaban J connectivity index is 0.000000423. The second-order valence-corrected chi connectivity index (χ2v) is 3.60. The van der Waals surface area contributed by atoms with Crippen molar-refractivity contribution in [3.05, 3.63) is 35.9 Å². The van der Waals surface area contributed by atoms with Gasteiger partial charge >= 0.3 is 0 Å². The van der Waals surface area contributed by atoms with Crippen molar-refractivity contribution in [2.75, 3.05) is 13.7 Å². The Morgan fingerprint density at radius 1 is 1.27 bits per heavy atom. The minimum Gasteiger partial charge on any atom is -0.396 e. The molecule has 0 amide bonds. The van der Waals surface area contributed by atoms with Crippen LogP contribution < -0.4 is 5.32 Å². The van der Waals surface area contributed by atoms with Crippen molar-refractivity contribution in [1.29, 1.82) is 0 Å². The van der Waals surface area contributed by atoms with Gasteiger partial charge in [0.25, 0.3) is 0 Å². The molecule has 0 aliphatic carbocycles. The highest BCUT2D eigenvalue weighted by atomic mass is 16.2. The Labute approximate surface area is 93.3 Å². The zero-order valence-electron chi connectivity index (χ0n) is 10.0. The predicted molar refractivity (Wildman–Crippen MR) is 66.0 cm³/mol. The summed E-state index contributed by atoms with van der Waals surface area (Å²) in [6, 6.07) is 11.1. The van der Waals surface area contributed by atoms with E-state index in [4.69, 9.17) is 5.11 Å². The van der Waals surface area contributed by atoms with Crippen LogP contribution in [0.15, 0.2) is 30.3 Å². The van der Waals surface area contributed by atoms with E-state index in [1.54, 1.807) is 0 Å². The maximum atomic E-state index is 7.88. The highest BCUT2D eigenvalue weighted by Crippen LogP contribution is 2.01. The maximum Gasteiger partial charge on any atom is 0.0428 e. The van der Waals surface area contributed by atoms with Crippen LogP contribution in [0.1, 0.15) is 25.8 Å². The van der Waals surface area contributed by atoms with Gasteiger partial charge < -0.3 is 10.4 Å². The number of nitrogens with one attached hydrogen (secondary N) is 1. The van der Waals surface area contributed by atoms with Crippen LogP contribution >= 0.6 is 0 Å². The summed E-state index contributed by atoms with van der Waals surface area (Å²) in [7, 11) is 1.99. The van der Waals surface area contributed by atoms with Crippen LogP contribution in [0.2, 0.25) is 0 Å². The number of hydrogen-bond acceptors (Lipinski definition) is 2. The third-order valence-corrected chi connectivity index (χ3v) is 2.10. The molecule has 0 heterocycles. The average Bonchev–Trinajstić information content (AvgIpc) is 2.30. The van der Waals surface area contributed by atoms with Crippen molar-refractivity contribution in [2.24, 2.45) is 0 Å². The van der Waals surface area contributed by atoms with Crippen LogP contribution in [0.25, 0.3) is 0 Å². The SMILES string of the molecule is CCCO.CN[C@@H](C)Cc1ccccc1. The summed E-state index contributed by atoms with van der Waals surface area (Å²) >= 11 is 0. The molecule has 0 spiro atoms. The summed E-state index contributed by atoms with van der Waals surface area (Å²) in [6.07, 6.45) is 1.98. The van der Waals surface area contributed by atoms with Crippen LogP contribution in [0.5, 0.6) is 0 Å². The topological polar surface area (TPSA) is 32.3 Å². The fourth-order valence-electron chi connectivity index (χ4n) is 1.07.